The van der Waals surface area contributed by atoms with E-state index in [1.54, 1.807) is 11.8 Å². The molecule has 1 aliphatic heterocycles. The highest BCUT2D eigenvalue weighted by Gasteiger charge is 2.19. The number of amides is 1. The fourth-order valence-electron chi connectivity index (χ4n) is 2.04. The van der Waals surface area contributed by atoms with Crippen LogP contribution in [-0.2, 0) is 11.3 Å². The third kappa shape index (κ3) is 3.83. The zero-order valence-electron chi connectivity index (χ0n) is 11.1. The van der Waals surface area contributed by atoms with Gasteiger partial charge in [0.05, 0.1) is 6.10 Å². The zero-order chi connectivity index (χ0) is 13.7. The largest absolute Gasteiger partial charge is 0.445 e. The van der Waals surface area contributed by atoms with Crippen LogP contribution in [-0.4, -0.2) is 35.3 Å². The summed E-state index contributed by atoms with van der Waals surface area (Å²) in [5.74, 6) is 0. The number of hydrogen-bond donors (Lipinski definition) is 1. The Bertz CT molecular complexity index is 454. The molecule has 1 aromatic carbocycles. The van der Waals surface area contributed by atoms with Crippen molar-refractivity contribution >= 4 is 6.09 Å². The second-order valence-corrected chi connectivity index (χ2v) is 4.69. The van der Waals surface area contributed by atoms with Crippen molar-refractivity contribution in [2.75, 3.05) is 13.1 Å². The third-order valence-electron chi connectivity index (χ3n) is 3.24. The minimum Gasteiger partial charge on any atom is -0.445 e. The van der Waals surface area contributed by atoms with Crippen molar-refractivity contribution < 1.29 is 14.6 Å². The maximum absolute atomic E-state index is 11.9. The molecule has 0 saturated heterocycles. The van der Waals surface area contributed by atoms with E-state index in [2.05, 4.69) is 0 Å². The van der Waals surface area contributed by atoms with Gasteiger partial charge < -0.3 is 14.7 Å². The van der Waals surface area contributed by atoms with Crippen LogP contribution in [0.4, 0.5) is 4.79 Å². The maximum Gasteiger partial charge on any atom is 0.410 e. The van der Waals surface area contributed by atoms with Crippen molar-refractivity contribution in [2.45, 2.75) is 26.1 Å². The van der Waals surface area contributed by atoms with Gasteiger partial charge in [0.2, 0.25) is 0 Å². The monoisotopic (exact) mass is 261 g/mol. The maximum atomic E-state index is 11.9. The first kappa shape index (κ1) is 13.6. The van der Waals surface area contributed by atoms with Gasteiger partial charge in [0, 0.05) is 13.1 Å². The van der Waals surface area contributed by atoms with Gasteiger partial charge in [-0.2, -0.15) is 0 Å². The third-order valence-corrected chi connectivity index (χ3v) is 3.24. The van der Waals surface area contributed by atoms with Gasteiger partial charge in [0.25, 0.3) is 0 Å². The van der Waals surface area contributed by atoms with Crippen molar-refractivity contribution in [1.82, 2.24) is 4.90 Å². The molecular weight excluding hydrogens is 242 g/mol. The molecule has 0 aromatic heterocycles. The minimum absolute atomic E-state index is 0.295. The van der Waals surface area contributed by atoms with Crippen molar-refractivity contribution in [3.63, 3.8) is 0 Å². The second-order valence-electron chi connectivity index (χ2n) is 4.69. The van der Waals surface area contributed by atoms with Gasteiger partial charge in [-0.3, -0.25) is 0 Å². The summed E-state index contributed by atoms with van der Waals surface area (Å²) in [5.41, 5.74) is 1.97. The topological polar surface area (TPSA) is 49.8 Å². The Morgan fingerprint density at radius 1 is 1.42 bits per heavy atom. The number of benzene rings is 1. The van der Waals surface area contributed by atoms with E-state index in [-0.39, 0.29) is 6.09 Å². The summed E-state index contributed by atoms with van der Waals surface area (Å²) in [7, 11) is 0. The van der Waals surface area contributed by atoms with Crippen LogP contribution in [0.2, 0.25) is 0 Å². The van der Waals surface area contributed by atoms with E-state index >= 15 is 0 Å². The number of carbonyl (C=O) groups excluding carboxylic acids is 1. The molecule has 0 bridgehead atoms. The van der Waals surface area contributed by atoms with Crippen molar-refractivity contribution in [3.05, 3.63) is 47.5 Å². The molecule has 4 heteroatoms. The highest BCUT2D eigenvalue weighted by atomic mass is 16.6. The van der Waals surface area contributed by atoms with Crippen LogP contribution in [0.1, 0.15) is 18.9 Å². The van der Waals surface area contributed by atoms with Crippen molar-refractivity contribution in [2.24, 2.45) is 0 Å². The van der Waals surface area contributed by atoms with Gasteiger partial charge in [0.1, 0.15) is 6.61 Å². The average Bonchev–Trinajstić information content (AvgIpc) is 2.46. The molecule has 0 spiro atoms. The van der Waals surface area contributed by atoms with Gasteiger partial charge in [-0.1, -0.05) is 36.4 Å². The molecule has 0 radical (unpaired) electrons. The first-order valence-electron chi connectivity index (χ1n) is 6.49. The van der Waals surface area contributed by atoms with Crippen molar-refractivity contribution in [3.8, 4) is 0 Å². The van der Waals surface area contributed by atoms with E-state index in [4.69, 9.17) is 4.74 Å². The van der Waals surface area contributed by atoms with Crippen LogP contribution in [0.25, 0.3) is 0 Å². The molecule has 1 unspecified atom stereocenters. The van der Waals surface area contributed by atoms with Gasteiger partial charge in [-0.25, -0.2) is 4.79 Å². The molecule has 1 heterocycles. The van der Waals surface area contributed by atoms with E-state index in [1.165, 1.54) is 0 Å². The van der Waals surface area contributed by atoms with Crippen LogP contribution < -0.4 is 0 Å². The molecule has 4 nitrogen and oxygen atoms in total. The molecule has 102 valence electrons. The molecule has 1 N–H and O–H groups in total. The molecule has 0 aliphatic carbocycles. The van der Waals surface area contributed by atoms with E-state index < -0.39 is 6.10 Å². The van der Waals surface area contributed by atoms with E-state index in [0.717, 1.165) is 11.1 Å². The smallest absolute Gasteiger partial charge is 0.410 e. The lowest BCUT2D eigenvalue weighted by molar-refractivity contribution is 0.0973. The Hall–Kier alpha value is -1.81. The predicted molar refractivity (Wildman–Crippen MR) is 72.6 cm³/mol. The van der Waals surface area contributed by atoms with Crippen LogP contribution in [0.15, 0.2) is 42.0 Å². The molecule has 1 aromatic rings. The normalized spacial score (nSPS) is 16.7. The summed E-state index contributed by atoms with van der Waals surface area (Å²) in [4.78, 5) is 13.5. The van der Waals surface area contributed by atoms with Gasteiger partial charge in [0.15, 0.2) is 0 Å². The summed E-state index contributed by atoms with van der Waals surface area (Å²) in [6, 6.07) is 9.62. The minimum atomic E-state index is -0.428. The fourth-order valence-corrected chi connectivity index (χ4v) is 2.04. The van der Waals surface area contributed by atoms with Crippen LogP contribution in [0.5, 0.6) is 0 Å². The Balaban J connectivity index is 1.82. The zero-order valence-corrected chi connectivity index (χ0v) is 11.1. The molecule has 1 aliphatic rings. The molecule has 1 atom stereocenters. The Kier molecular flexibility index (Phi) is 4.58. The standard InChI is InChI=1S/C15H19NO3/c1-12(17)14-7-9-16(10-8-14)15(18)19-11-13-5-3-2-4-6-13/h2-7,12,17H,8-11H2,1H3. The first-order chi connectivity index (χ1) is 9.16. The molecule has 2 rings (SSSR count). The van der Waals surface area contributed by atoms with Crippen LogP contribution in [0, 0.1) is 0 Å². The number of ether oxygens (including phenoxy) is 1. The summed E-state index contributed by atoms with van der Waals surface area (Å²) in [6.45, 7) is 3.15. The SMILES string of the molecule is CC(O)C1=CCN(C(=O)OCc2ccccc2)CC1. The molecule has 0 saturated carbocycles. The Labute approximate surface area is 113 Å². The summed E-state index contributed by atoms with van der Waals surface area (Å²) in [5, 5.41) is 9.45. The van der Waals surface area contributed by atoms with Gasteiger partial charge in [-0.05, 0) is 24.5 Å². The predicted octanol–water partition coefficient (Wildman–Crippen LogP) is 2.34. The summed E-state index contributed by atoms with van der Waals surface area (Å²) >= 11 is 0. The van der Waals surface area contributed by atoms with E-state index in [9.17, 15) is 9.90 Å². The molecular formula is C15H19NO3. The lowest BCUT2D eigenvalue weighted by atomic mass is 10.0. The first-order valence-corrected chi connectivity index (χ1v) is 6.49. The quantitative estimate of drug-likeness (QED) is 0.850. The number of hydrogen-bond acceptors (Lipinski definition) is 3. The average molecular weight is 261 g/mol. The number of rotatable bonds is 3. The van der Waals surface area contributed by atoms with Crippen molar-refractivity contribution in [1.29, 1.82) is 0 Å². The van der Waals surface area contributed by atoms with E-state index in [0.29, 0.717) is 26.1 Å². The highest BCUT2D eigenvalue weighted by molar-refractivity contribution is 5.68. The Morgan fingerprint density at radius 3 is 2.74 bits per heavy atom. The number of nitrogens with zero attached hydrogens (tertiary/aromatic N) is 1. The number of aliphatic hydroxyl groups is 1. The number of carbonyl (C=O) groups is 1. The van der Waals surface area contributed by atoms with Gasteiger partial charge in [-0.15, -0.1) is 0 Å². The second kappa shape index (κ2) is 6.38. The Morgan fingerprint density at radius 2 is 2.16 bits per heavy atom. The highest BCUT2D eigenvalue weighted by Crippen LogP contribution is 2.15. The summed E-state index contributed by atoms with van der Waals surface area (Å²) < 4.78 is 5.26. The summed E-state index contributed by atoms with van der Waals surface area (Å²) in [6.07, 6.45) is 1.88. The molecule has 1 amide bonds. The van der Waals surface area contributed by atoms with Crippen LogP contribution in [0.3, 0.4) is 0 Å². The molecule has 19 heavy (non-hydrogen) atoms. The molecule has 0 fully saturated rings. The van der Waals surface area contributed by atoms with E-state index in [1.807, 2.05) is 36.4 Å². The number of aliphatic hydroxyl groups excluding tert-OH is 1. The lowest BCUT2D eigenvalue weighted by Crippen LogP contribution is -2.36. The van der Waals surface area contributed by atoms with Crippen LogP contribution >= 0.6 is 0 Å². The lowest BCUT2D eigenvalue weighted by Gasteiger charge is -2.26. The van der Waals surface area contributed by atoms with Gasteiger partial charge >= 0.3 is 6.09 Å². The fraction of sp³-hybridized carbons (Fsp3) is 0.400.